The minimum Gasteiger partial charge on any atom is -0.490 e. The van der Waals surface area contributed by atoms with Crippen molar-refractivity contribution in [2.24, 2.45) is 5.41 Å². The van der Waals surface area contributed by atoms with Gasteiger partial charge in [-0.2, -0.15) is 0 Å². The molecule has 0 saturated carbocycles. The highest BCUT2D eigenvalue weighted by Crippen LogP contribution is 2.41. The molecule has 0 heterocycles. The maximum atomic E-state index is 13.2. The third-order valence-corrected chi connectivity index (χ3v) is 8.74. The molecule has 2 aromatic carbocycles. The molecule has 0 aliphatic rings. The van der Waals surface area contributed by atoms with Gasteiger partial charge < -0.3 is 19.8 Å². The Morgan fingerprint density at radius 2 is 1.37 bits per heavy atom. The van der Waals surface area contributed by atoms with E-state index in [0.29, 0.717) is 5.56 Å². The Labute approximate surface area is 229 Å². The van der Waals surface area contributed by atoms with Crippen molar-refractivity contribution >= 4 is 11.9 Å². The van der Waals surface area contributed by atoms with Gasteiger partial charge in [0, 0.05) is 18.0 Å². The van der Waals surface area contributed by atoms with Crippen LogP contribution in [0, 0.1) is 19.3 Å². The Morgan fingerprint density at radius 3 is 1.79 bits per heavy atom. The lowest BCUT2D eigenvalue weighted by Gasteiger charge is -2.37. The molecule has 0 radical (unpaired) electrons. The first-order valence-electron chi connectivity index (χ1n) is 13.4. The number of carboxylic acids is 1. The third kappa shape index (κ3) is 5.90. The number of aryl methyl sites for hydroxylation is 2. The van der Waals surface area contributed by atoms with Crippen LogP contribution in [0.15, 0.2) is 36.4 Å². The molecule has 0 aliphatic heterocycles. The fourth-order valence-electron chi connectivity index (χ4n) is 4.56. The summed E-state index contributed by atoms with van der Waals surface area (Å²) in [6, 6.07) is 12.1. The Morgan fingerprint density at radius 1 is 0.868 bits per heavy atom. The van der Waals surface area contributed by atoms with E-state index in [9.17, 15) is 19.8 Å². The van der Waals surface area contributed by atoms with Crippen molar-refractivity contribution in [2.45, 2.75) is 98.6 Å². The van der Waals surface area contributed by atoms with Gasteiger partial charge in [0.1, 0.15) is 23.5 Å². The number of rotatable bonds is 10. The molecule has 2 N–H and O–H groups in total. The fraction of sp³-hybridized carbons (Fsp3) is 0.562. The lowest BCUT2D eigenvalue weighted by molar-refractivity contribution is -0.147. The van der Waals surface area contributed by atoms with Gasteiger partial charge in [0.15, 0.2) is 0 Å². The quantitative estimate of drug-likeness (QED) is 0.369. The second-order valence-electron chi connectivity index (χ2n) is 12.3. The molecule has 6 heteroatoms. The zero-order chi connectivity index (χ0) is 29.3. The monoisotopic (exact) mass is 525 g/mol. The van der Waals surface area contributed by atoms with E-state index < -0.39 is 17.1 Å². The molecule has 0 fully saturated rings. The minimum atomic E-state index is -1.32. The van der Waals surface area contributed by atoms with Gasteiger partial charge in [-0.15, -0.1) is 0 Å². The van der Waals surface area contributed by atoms with Crippen LogP contribution in [0.1, 0.15) is 101 Å². The van der Waals surface area contributed by atoms with Crippen LogP contribution in [0.5, 0.6) is 5.75 Å². The summed E-state index contributed by atoms with van der Waals surface area (Å²) in [5, 5.41) is 20.4. The van der Waals surface area contributed by atoms with E-state index >= 15 is 0 Å². The predicted molar refractivity (Wildman–Crippen MR) is 153 cm³/mol. The Bertz CT molecular complexity index is 1170. The van der Waals surface area contributed by atoms with Crippen LogP contribution in [0.4, 0.5) is 0 Å². The van der Waals surface area contributed by atoms with Crippen molar-refractivity contribution in [3.8, 4) is 5.75 Å². The molecule has 1 amide bonds. The average Bonchev–Trinajstić information content (AvgIpc) is 2.83. The zero-order valence-electron chi connectivity index (χ0n) is 25.2. The van der Waals surface area contributed by atoms with Crippen molar-refractivity contribution < 1.29 is 24.5 Å². The van der Waals surface area contributed by atoms with Crippen molar-refractivity contribution in [3.63, 3.8) is 0 Å². The summed E-state index contributed by atoms with van der Waals surface area (Å²) < 4.78 is 6.06. The number of ether oxygens (including phenoxy) is 1. The molecule has 1 unspecified atom stereocenters. The molecule has 0 saturated heterocycles. The summed E-state index contributed by atoms with van der Waals surface area (Å²) in [7, 11) is 1.53. The molecule has 1 atom stereocenters. The summed E-state index contributed by atoms with van der Waals surface area (Å²) in [5.41, 5.74) is 1.71. The Kier molecular flexibility index (Phi) is 9.15. The summed E-state index contributed by atoms with van der Waals surface area (Å²) in [6.07, 6.45) is 1.72. The van der Waals surface area contributed by atoms with Gasteiger partial charge in [0.05, 0.1) is 0 Å². The molecule has 2 aromatic rings. The summed E-state index contributed by atoms with van der Waals surface area (Å²) in [6.45, 7) is 19.3. The van der Waals surface area contributed by atoms with Crippen LogP contribution in [0.25, 0.3) is 0 Å². The number of hydrogen-bond acceptors (Lipinski definition) is 4. The van der Waals surface area contributed by atoms with Crippen LogP contribution in [-0.4, -0.2) is 51.8 Å². The second-order valence-corrected chi connectivity index (χ2v) is 12.3. The van der Waals surface area contributed by atoms with Gasteiger partial charge in [0.2, 0.25) is 0 Å². The lowest BCUT2D eigenvalue weighted by Crippen LogP contribution is -2.50. The number of benzene rings is 2. The van der Waals surface area contributed by atoms with Gasteiger partial charge in [-0.05, 0) is 87.3 Å². The first kappa shape index (κ1) is 31.4. The van der Waals surface area contributed by atoms with Gasteiger partial charge >= 0.3 is 5.97 Å². The van der Waals surface area contributed by atoms with E-state index in [-0.39, 0.29) is 23.3 Å². The van der Waals surface area contributed by atoms with Gasteiger partial charge in [-0.25, -0.2) is 4.79 Å². The number of carboxylic acid groups (broad SMARTS) is 1. The van der Waals surface area contributed by atoms with Gasteiger partial charge in [-0.1, -0.05) is 58.9 Å². The highest BCUT2D eigenvalue weighted by molar-refractivity contribution is 5.98. The highest BCUT2D eigenvalue weighted by Gasteiger charge is 2.38. The molecule has 6 nitrogen and oxygen atoms in total. The van der Waals surface area contributed by atoms with E-state index in [1.165, 1.54) is 25.8 Å². The normalized spacial score (nSPS) is 14.1. The molecule has 38 heavy (non-hydrogen) atoms. The fourth-order valence-corrected chi connectivity index (χ4v) is 4.56. The second kappa shape index (κ2) is 11.1. The number of amides is 1. The van der Waals surface area contributed by atoms with Crippen molar-refractivity contribution in [1.82, 2.24) is 4.90 Å². The Balaban J connectivity index is 2.44. The topological polar surface area (TPSA) is 87.1 Å². The molecule has 0 aliphatic carbocycles. The molecule has 0 spiro atoms. The minimum absolute atomic E-state index is 0.200. The number of hydrogen-bond donors (Lipinski definition) is 2. The maximum Gasteiger partial charge on any atom is 0.329 e. The maximum absolute atomic E-state index is 13.2. The van der Waals surface area contributed by atoms with Gasteiger partial charge in [-0.3, -0.25) is 4.79 Å². The number of carbonyl (C=O) groups is 2. The molecule has 210 valence electrons. The largest absolute Gasteiger partial charge is 0.490 e. The van der Waals surface area contributed by atoms with Crippen LogP contribution < -0.4 is 4.74 Å². The molecule has 0 bridgehead atoms. The predicted octanol–water partition coefficient (Wildman–Crippen LogP) is 6.52. The Hall–Kier alpha value is -2.86. The smallest absolute Gasteiger partial charge is 0.329 e. The molecular weight excluding hydrogens is 478 g/mol. The van der Waals surface area contributed by atoms with E-state index in [0.717, 1.165) is 40.8 Å². The highest BCUT2D eigenvalue weighted by atomic mass is 16.5. The first-order valence-corrected chi connectivity index (χ1v) is 13.4. The number of nitrogens with zero attached hydrogens (tertiary/aromatic N) is 1. The van der Waals surface area contributed by atoms with Crippen LogP contribution in [-0.2, 0) is 10.2 Å². The molecule has 0 aromatic heterocycles. The summed E-state index contributed by atoms with van der Waals surface area (Å²) >= 11 is 0. The SMILES string of the molecule is CCC(CC)(c1ccc(OCC(C)(O)C(C)(C)C)c(C)c1)c1ccc(C(=O)N(C)C(C)(C)C(=O)O)c(C)c1. The zero-order valence-corrected chi connectivity index (χ0v) is 25.2. The molecule has 2 rings (SSSR count). The number of carbonyl (C=O) groups excluding carboxylic acids is 1. The summed E-state index contributed by atoms with van der Waals surface area (Å²) in [4.78, 5) is 26.1. The standard InChI is InChI=1S/C32H47NO5/c1-12-32(13-2,24-15-17-26(22(4)19-24)38-20-31(10,37)29(5,6)7)23-14-16-25(21(3)18-23)27(34)33(11)30(8,9)28(35)36/h14-19,37H,12-13,20H2,1-11H3,(H,35,36). The number of likely N-dealkylation sites (N-methyl/N-ethyl adjacent to an activating group) is 1. The average molecular weight is 526 g/mol. The van der Waals surface area contributed by atoms with Crippen molar-refractivity contribution in [2.75, 3.05) is 13.7 Å². The van der Waals surface area contributed by atoms with Gasteiger partial charge in [0.25, 0.3) is 5.91 Å². The van der Waals surface area contributed by atoms with Crippen molar-refractivity contribution in [3.05, 3.63) is 64.2 Å². The van der Waals surface area contributed by atoms with E-state index in [4.69, 9.17) is 4.74 Å². The first-order chi connectivity index (χ1) is 17.4. The lowest BCUT2D eigenvalue weighted by atomic mass is 9.70. The third-order valence-electron chi connectivity index (χ3n) is 8.74. The van der Waals surface area contributed by atoms with Crippen molar-refractivity contribution in [1.29, 1.82) is 0 Å². The van der Waals surface area contributed by atoms with E-state index in [1.807, 2.05) is 52.8 Å². The molecular formula is C32H47NO5. The van der Waals surface area contributed by atoms with Crippen LogP contribution in [0.3, 0.4) is 0 Å². The number of aliphatic hydroxyl groups is 1. The summed E-state index contributed by atoms with van der Waals surface area (Å²) in [5.74, 6) is -0.618. The number of aliphatic carboxylic acids is 1. The van der Waals surface area contributed by atoms with Crippen LogP contribution >= 0.6 is 0 Å². The van der Waals surface area contributed by atoms with E-state index in [2.05, 4.69) is 32.0 Å². The van der Waals surface area contributed by atoms with Crippen LogP contribution in [0.2, 0.25) is 0 Å². The van der Waals surface area contributed by atoms with E-state index in [1.54, 1.807) is 6.92 Å².